The Balaban J connectivity index is 3.23. The second-order valence-corrected chi connectivity index (χ2v) is 5.49. The highest BCUT2D eigenvalue weighted by Crippen LogP contribution is 2.46. The maximum Gasteiger partial charge on any atom is 0.0727 e. The van der Waals surface area contributed by atoms with Gasteiger partial charge < -0.3 is 5.21 Å². The number of hydroxylamine groups is 2. The van der Waals surface area contributed by atoms with Gasteiger partial charge >= 0.3 is 0 Å². The van der Waals surface area contributed by atoms with Gasteiger partial charge in [-0.15, -0.1) is 0 Å². The molecule has 13 heavy (non-hydrogen) atoms. The standard InChI is InChI=1S/C9H16BrNOS/c1-8(2)6(5-13)7(10)9(3,4)11(8)12/h12-13H,5H2,1-4H3. The van der Waals surface area contributed by atoms with Gasteiger partial charge in [-0.1, -0.05) is 15.9 Å². The first-order valence-corrected chi connectivity index (χ1v) is 5.68. The molecule has 0 bridgehead atoms. The molecule has 0 atom stereocenters. The van der Waals surface area contributed by atoms with Crippen LogP contribution < -0.4 is 0 Å². The fraction of sp³-hybridized carbons (Fsp3) is 0.778. The maximum absolute atomic E-state index is 9.98. The summed E-state index contributed by atoms with van der Waals surface area (Å²) >= 11 is 7.81. The Morgan fingerprint density at radius 1 is 1.31 bits per heavy atom. The monoisotopic (exact) mass is 265 g/mol. The first-order chi connectivity index (χ1) is 5.76. The lowest BCUT2D eigenvalue weighted by Crippen LogP contribution is -2.48. The van der Waals surface area contributed by atoms with Crippen molar-refractivity contribution in [2.45, 2.75) is 38.8 Å². The summed E-state index contributed by atoms with van der Waals surface area (Å²) in [6.45, 7) is 7.95. The Kier molecular flexibility index (Phi) is 2.90. The zero-order chi connectivity index (χ0) is 10.4. The third-order valence-electron chi connectivity index (χ3n) is 2.76. The summed E-state index contributed by atoms with van der Waals surface area (Å²) < 4.78 is 1.04. The number of thiol groups is 1. The molecule has 0 saturated carbocycles. The highest BCUT2D eigenvalue weighted by atomic mass is 79.9. The van der Waals surface area contributed by atoms with Crippen LogP contribution >= 0.6 is 28.6 Å². The first-order valence-electron chi connectivity index (χ1n) is 4.26. The van der Waals surface area contributed by atoms with Gasteiger partial charge in [-0.3, -0.25) is 0 Å². The van der Waals surface area contributed by atoms with Crippen LogP contribution in [-0.4, -0.2) is 27.1 Å². The molecule has 1 rings (SSSR count). The van der Waals surface area contributed by atoms with E-state index in [9.17, 15) is 5.21 Å². The van der Waals surface area contributed by atoms with Gasteiger partial charge in [-0.25, -0.2) is 0 Å². The van der Waals surface area contributed by atoms with Gasteiger partial charge in [0.2, 0.25) is 0 Å². The summed E-state index contributed by atoms with van der Waals surface area (Å²) in [6, 6.07) is 0. The fourth-order valence-electron chi connectivity index (χ4n) is 1.82. The van der Waals surface area contributed by atoms with Crippen molar-refractivity contribution in [1.29, 1.82) is 0 Å². The van der Waals surface area contributed by atoms with Gasteiger partial charge in [0.25, 0.3) is 0 Å². The molecule has 0 aromatic rings. The van der Waals surface area contributed by atoms with Gasteiger partial charge in [0.05, 0.1) is 11.1 Å². The Hall–Kier alpha value is 0.490. The zero-order valence-corrected chi connectivity index (χ0v) is 10.9. The molecule has 1 aliphatic rings. The average Bonchev–Trinajstić information content (AvgIpc) is 2.12. The number of rotatable bonds is 1. The number of halogens is 1. The van der Waals surface area contributed by atoms with Crippen molar-refractivity contribution in [3.63, 3.8) is 0 Å². The minimum absolute atomic E-state index is 0.329. The Morgan fingerprint density at radius 2 is 1.77 bits per heavy atom. The zero-order valence-electron chi connectivity index (χ0n) is 8.43. The van der Waals surface area contributed by atoms with Crippen molar-refractivity contribution in [2.24, 2.45) is 0 Å². The third kappa shape index (κ3) is 1.48. The van der Waals surface area contributed by atoms with Crippen molar-refractivity contribution in [1.82, 2.24) is 5.06 Å². The van der Waals surface area contributed by atoms with Crippen LogP contribution in [-0.2, 0) is 0 Å². The van der Waals surface area contributed by atoms with Gasteiger partial charge in [0.1, 0.15) is 0 Å². The van der Waals surface area contributed by atoms with Gasteiger partial charge in [0.15, 0.2) is 0 Å². The molecule has 0 aromatic carbocycles. The second kappa shape index (κ2) is 3.26. The van der Waals surface area contributed by atoms with Crippen molar-refractivity contribution in [3.8, 4) is 0 Å². The molecule has 0 aromatic heterocycles. The van der Waals surface area contributed by atoms with E-state index in [2.05, 4.69) is 28.6 Å². The number of hydrogen-bond donors (Lipinski definition) is 2. The molecule has 1 N–H and O–H groups in total. The smallest absolute Gasteiger partial charge is 0.0727 e. The van der Waals surface area contributed by atoms with Crippen LogP contribution in [0.3, 0.4) is 0 Å². The molecule has 0 aliphatic carbocycles. The quantitative estimate of drug-likeness (QED) is 0.713. The van der Waals surface area contributed by atoms with E-state index in [0.717, 1.165) is 10.1 Å². The van der Waals surface area contributed by atoms with Crippen LogP contribution in [0.1, 0.15) is 27.7 Å². The van der Waals surface area contributed by atoms with E-state index in [1.54, 1.807) is 0 Å². The largest absolute Gasteiger partial charge is 0.312 e. The van der Waals surface area contributed by atoms with Crippen LogP contribution in [0.4, 0.5) is 0 Å². The molecule has 1 aliphatic heterocycles. The normalized spacial score (nSPS) is 27.0. The minimum Gasteiger partial charge on any atom is -0.312 e. The highest BCUT2D eigenvalue weighted by molar-refractivity contribution is 9.11. The molecule has 76 valence electrons. The summed E-state index contributed by atoms with van der Waals surface area (Å²) in [5, 5.41) is 11.4. The lowest BCUT2D eigenvalue weighted by Gasteiger charge is -2.36. The third-order valence-corrected chi connectivity index (χ3v) is 4.52. The molecule has 4 heteroatoms. The predicted octanol–water partition coefficient (Wildman–Crippen LogP) is 2.83. The molecule has 0 unspecified atom stereocenters. The van der Waals surface area contributed by atoms with E-state index in [1.165, 1.54) is 5.06 Å². The van der Waals surface area contributed by atoms with Crippen molar-refractivity contribution in [2.75, 3.05) is 5.75 Å². The SMILES string of the molecule is CC1(C)C(Br)=C(CS)C(C)(C)N1O. The second-order valence-electron chi connectivity index (χ2n) is 4.38. The van der Waals surface area contributed by atoms with Gasteiger partial charge in [-0.05, 0) is 33.3 Å². The van der Waals surface area contributed by atoms with Crippen molar-refractivity contribution >= 4 is 28.6 Å². The van der Waals surface area contributed by atoms with E-state index in [0.29, 0.717) is 5.75 Å². The van der Waals surface area contributed by atoms with E-state index in [-0.39, 0.29) is 11.1 Å². The van der Waals surface area contributed by atoms with Crippen LogP contribution in [0, 0.1) is 0 Å². The van der Waals surface area contributed by atoms with Crippen LogP contribution in [0.15, 0.2) is 10.1 Å². The van der Waals surface area contributed by atoms with E-state index in [1.807, 2.05) is 27.7 Å². The van der Waals surface area contributed by atoms with Crippen LogP contribution in [0.2, 0.25) is 0 Å². The highest BCUT2D eigenvalue weighted by Gasteiger charge is 2.49. The summed E-state index contributed by atoms with van der Waals surface area (Å²) in [4.78, 5) is 0. The van der Waals surface area contributed by atoms with Gasteiger partial charge in [0, 0.05) is 10.2 Å². The minimum atomic E-state index is -0.346. The molecular formula is C9H16BrNOS. The summed E-state index contributed by atoms with van der Waals surface area (Å²) in [7, 11) is 0. The molecule has 0 spiro atoms. The molecule has 0 saturated heterocycles. The fourth-order valence-corrected chi connectivity index (χ4v) is 3.38. The Morgan fingerprint density at radius 3 is 1.92 bits per heavy atom. The topological polar surface area (TPSA) is 23.5 Å². The van der Waals surface area contributed by atoms with Crippen LogP contribution in [0.25, 0.3) is 0 Å². The van der Waals surface area contributed by atoms with E-state index >= 15 is 0 Å². The van der Waals surface area contributed by atoms with Crippen LogP contribution in [0.5, 0.6) is 0 Å². The first kappa shape index (κ1) is 11.6. The van der Waals surface area contributed by atoms with Gasteiger partial charge in [-0.2, -0.15) is 17.7 Å². The molecule has 2 nitrogen and oxygen atoms in total. The Labute approximate surface area is 93.5 Å². The number of nitrogens with zero attached hydrogens (tertiary/aromatic N) is 1. The average molecular weight is 266 g/mol. The van der Waals surface area contributed by atoms with E-state index < -0.39 is 0 Å². The Bertz CT molecular complexity index is 260. The molecular weight excluding hydrogens is 250 g/mol. The predicted molar refractivity (Wildman–Crippen MR) is 61.6 cm³/mol. The van der Waals surface area contributed by atoms with Crippen molar-refractivity contribution in [3.05, 3.63) is 10.1 Å². The van der Waals surface area contributed by atoms with E-state index in [4.69, 9.17) is 0 Å². The summed E-state index contributed by atoms with van der Waals surface area (Å²) in [5.74, 6) is 0.661. The lowest BCUT2D eigenvalue weighted by atomic mass is 9.98. The number of hydrogen-bond acceptors (Lipinski definition) is 3. The molecule has 0 fully saturated rings. The molecule has 0 amide bonds. The summed E-state index contributed by atoms with van der Waals surface area (Å²) in [6.07, 6.45) is 0. The van der Waals surface area contributed by atoms with Crippen molar-refractivity contribution < 1.29 is 5.21 Å². The maximum atomic E-state index is 9.98. The lowest BCUT2D eigenvalue weighted by molar-refractivity contribution is -0.185. The molecule has 0 radical (unpaired) electrons. The molecule has 1 heterocycles. The summed E-state index contributed by atoms with van der Waals surface area (Å²) in [5.41, 5.74) is 0.467.